The number of nitrogens with one attached hydrogen (secondary N) is 1. The second-order valence-corrected chi connectivity index (χ2v) is 7.61. The molecule has 35 heavy (non-hydrogen) atoms. The first-order valence-corrected chi connectivity index (χ1v) is 11.0. The molecule has 0 heterocycles. The van der Waals surface area contributed by atoms with Gasteiger partial charge in [-0.05, 0) is 59.7 Å². The van der Waals surface area contributed by atoms with Gasteiger partial charge in [0.15, 0.2) is 0 Å². The third-order valence-electron chi connectivity index (χ3n) is 5.42. The van der Waals surface area contributed by atoms with E-state index in [0.29, 0.717) is 23.0 Å². The summed E-state index contributed by atoms with van der Waals surface area (Å²) in [6, 6.07) is 30.1. The van der Waals surface area contributed by atoms with Crippen molar-refractivity contribution in [1.82, 2.24) is 0 Å². The van der Waals surface area contributed by atoms with Gasteiger partial charge in [0.2, 0.25) is 5.90 Å². The van der Waals surface area contributed by atoms with Crippen molar-refractivity contribution in [3.8, 4) is 22.6 Å². The molecule has 0 spiro atoms. The van der Waals surface area contributed by atoms with Crippen LogP contribution in [0.15, 0.2) is 102 Å². The second kappa shape index (κ2) is 11.0. The highest BCUT2D eigenvalue weighted by Crippen LogP contribution is 2.32. The summed E-state index contributed by atoms with van der Waals surface area (Å²) in [5.74, 6) is 1.30. The molecule has 0 radical (unpaired) electrons. The van der Waals surface area contributed by atoms with Crippen LogP contribution in [-0.2, 0) is 4.74 Å². The van der Waals surface area contributed by atoms with Crippen LogP contribution in [0.2, 0.25) is 0 Å². The van der Waals surface area contributed by atoms with Crippen molar-refractivity contribution < 1.29 is 19.0 Å². The molecule has 0 unspecified atom stereocenters. The Labute approximate surface area is 204 Å². The molecule has 0 aliphatic carbocycles. The van der Waals surface area contributed by atoms with Crippen LogP contribution < -0.4 is 14.8 Å². The Bertz CT molecular complexity index is 1340. The summed E-state index contributed by atoms with van der Waals surface area (Å²) in [6.45, 7) is 0. The molecule has 176 valence electrons. The standard InChI is InChI=1S/C29H26N2O4/c1-33-26-18-20(14-16-24(26)28(32)30-22-10-6-4-7-11-22)21-15-17-25(27(19-21)34-2)29(35-3)31-23-12-8-5-9-13-23/h4-19H,1-3H3,(H,30,32)/b31-29-. The first-order valence-electron chi connectivity index (χ1n) is 11.0. The van der Waals surface area contributed by atoms with E-state index in [2.05, 4.69) is 10.3 Å². The quantitative estimate of drug-likeness (QED) is 0.255. The number of aliphatic imine (C=N–C) groups is 1. The summed E-state index contributed by atoms with van der Waals surface area (Å²) in [6.07, 6.45) is 0. The van der Waals surface area contributed by atoms with Gasteiger partial charge < -0.3 is 19.5 Å². The van der Waals surface area contributed by atoms with Crippen LogP contribution in [-0.4, -0.2) is 33.1 Å². The lowest BCUT2D eigenvalue weighted by Gasteiger charge is -2.14. The number of nitrogens with zero attached hydrogens (tertiary/aromatic N) is 1. The number of amides is 1. The SMILES string of the molecule is CO/C(=N\c1ccccc1)c1ccc(-c2ccc(C(=O)Nc3ccccc3)c(OC)c2)cc1OC. The number of carbonyl (C=O) groups excluding carboxylic acids is 1. The van der Waals surface area contributed by atoms with Crippen LogP contribution in [0.25, 0.3) is 11.1 Å². The Morgan fingerprint density at radius 2 is 1.23 bits per heavy atom. The zero-order valence-electron chi connectivity index (χ0n) is 19.8. The Morgan fingerprint density at radius 1 is 0.686 bits per heavy atom. The van der Waals surface area contributed by atoms with Crippen molar-refractivity contribution in [2.45, 2.75) is 0 Å². The average Bonchev–Trinajstić information content (AvgIpc) is 2.92. The highest BCUT2D eigenvalue weighted by Gasteiger charge is 2.16. The summed E-state index contributed by atoms with van der Waals surface area (Å²) in [4.78, 5) is 17.4. The first-order chi connectivity index (χ1) is 17.1. The number of hydrogen-bond acceptors (Lipinski definition) is 5. The minimum atomic E-state index is -0.241. The predicted molar refractivity (Wildman–Crippen MR) is 139 cm³/mol. The molecule has 1 amide bonds. The minimum absolute atomic E-state index is 0.241. The fourth-order valence-corrected chi connectivity index (χ4v) is 3.66. The maximum Gasteiger partial charge on any atom is 0.259 e. The molecule has 0 aliphatic heterocycles. The van der Waals surface area contributed by atoms with Crippen LogP contribution in [0.5, 0.6) is 11.5 Å². The van der Waals surface area contributed by atoms with Crippen LogP contribution in [0.1, 0.15) is 15.9 Å². The summed E-state index contributed by atoms with van der Waals surface area (Å²) >= 11 is 0. The van der Waals surface area contributed by atoms with Crippen molar-refractivity contribution in [3.05, 3.63) is 108 Å². The van der Waals surface area contributed by atoms with Gasteiger partial charge in [0.05, 0.1) is 38.1 Å². The Balaban J connectivity index is 1.65. The molecule has 0 bridgehead atoms. The molecular formula is C29H26N2O4. The van der Waals surface area contributed by atoms with Gasteiger partial charge in [-0.15, -0.1) is 0 Å². The van der Waals surface area contributed by atoms with E-state index in [1.807, 2.05) is 91.0 Å². The summed E-state index contributed by atoms with van der Waals surface area (Å²) < 4.78 is 16.8. The van der Waals surface area contributed by atoms with Gasteiger partial charge in [0, 0.05) is 5.69 Å². The van der Waals surface area contributed by atoms with Crippen LogP contribution >= 0.6 is 0 Å². The van der Waals surface area contributed by atoms with Gasteiger partial charge in [-0.2, -0.15) is 0 Å². The number of carbonyl (C=O) groups is 1. The van der Waals surface area contributed by atoms with Crippen LogP contribution in [0, 0.1) is 0 Å². The van der Waals surface area contributed by atoms with E-state index in [1.54, 1.807) is 27.4 Å². The molecule has 0 aliphatic rings. The van der Waals surface area contributed by atoms with E-state index in [1.165, 1.54) is 0 Å². The monoisotopic (exact) mass is 466 g/mol. The lowest BCUT2D eigenvalue weighted by atomic mass is 10.0. The van der Waals surface area contributed by atoms with Gasteiger partial charge >= 0.3 is 0 Å². The highest BCUT2D eigenvalue weighted by atomic mass is 16.5. The molecule has 6 nitrogen and oxygen atoms in total. The minimum Gasteiger partial charge on any atom is -0.496 e. The lowest BCUT2D eigenvalue weighted by Crippen LogP contribution is -2.13. The number of rotatable bonds is 7. The molecule has 0 aromatic heterocycles. The normalized spacial score (nSPS) is 11.0. The topological polar surface area (TPSA) is 69.2 Å². The number of benzene rings is 4. The van der Waals surface area contributed by atoms with Crippen molar-refractivity contribution in [3.63, 3.8) is 0 Å². The summed E-state index contributed by atoms with van der Waals surface area (Å²) in [7, 11) is 4.74. The zero-order valence-corrected chi connectivity index (χ0v) is 19.8. The van der Waals surface area contributed by atoms with Crippen molar-refractivity contribution >= 4 is 23.2 Å². The summed E-state index contributed by atoms with van der Waals surface area (Å²) in [5, 5.41) is 2.89. The second-order valence-electron chi connectivity index (χ2n) is 7.61. The molecule has 4 aromatic carbocycles. The molecule has 0 atom stereocenters. The maximum absolute atomic E-state index is 12.8. The molecule has 0 saturated carbocycles. The third kappa shape index (κ3) is 5.50. The molecule has 0 saturated heterocycles. The molecule has 1 N–H and O–H groups in total. The molecule has 4 aromatic rings. The Morgan fingerprint density at radius 3 is 1.80 bits per heavy atom. The number of hydrogen-bond donors (Lipinski definition) is 1. The van der Waals surface area contributed by atoms with Gasteiger partial charge in [-0.1, -0.05) is 48.5 Å². The van der Waals surface area contributed by atoms with E-state index < -0.39 is 0 Å². The fourth-order valence-electron chi connectivity index (χ4n) is 3.66. The number of ether oxygens (including phenoxy) is 3. The van der Waals surface area contributed by atoms with E-state index >= 15 is 0 Å². The highest BCUT2D eigenvalue weighted by molar-refractivity contribution is 6.06. The van der Waals surface area contributed by atoms with Gasteiger partial charge in [0.25, 0.3) is 5.91 Å². The Kier molecular flexibility index (Phi) is 7.43. The smallest absolute Gasteiger partial charge is 0.259 e. The van der Waals surface area contributed by atoms with Crippen molar-refractivity contribution in [2.24, 2.45) is 4.99 Å². The lowest BCUT2D eigenvalue weighted by molar-refractivity contribution is 0.102. The molecular weight excluding hydrogens is 440 g/mol. The van der Waals surface area contributed by atoms with E-state index in [0.717, 1.165) is 28.1 Å². The molecule has 0 fully saturated rings. The number of methoxy groups -OCH3 is 3. The maximum atomic E-state index is 12.8. The van der Waals surface area contributed by atoms with Gasteiger partial charge in [-0.25, -0.2) is 4.99 Å². The van der Waals surface area contributed by atoms with Crippen LogP contribution in [0.3, 0.4) is 0 Å². The van der Waals surface area contributed by atoms with E-state index in [-0.39, 0.29) is 5.91 Å². The van der Waals surface area contributed by atoms with E-state index in [9.17, 15) is 4.79 Å². The Hall–Kier alpha value is -4.58. The van der Waals surface area contributed by atoms with Gasteiger partial charge in [-0.3, -0.25) is 4.79 Å². The van der Waals surface area contributed by atoms with Gasteiger partial charge in [0.1, 0.15) is 11.5 Å². The molecule has 4 rings (SSSR count). The fraction of sp³-hybridized carbons (Fsp3) is 0.103. The van der Waals surface area contributed by atoms with Crippen molar-refractivity contribution in [1.29, 1.82) is 0 Å². The third-order valence-corrected chi connectivity index (χ3v) is 5.42. The predicted octanol–water partition coefficient (Wildman–Crippen LogP) is 6.35. The number of anilines is 1. The van der Waals surface area contributed by atoms with E-state index in [4.69, 9.17) is 14.2 Å². The summed E-state index contributed by atoms with van der Waals surface area (Å²) in [5.41, 5.74) is 4.45. The molecule has 6 heteroatoms. The average molecular weight is 467 g/mol. The first kappa shape index (κ1) is 23.6. The van der Waals surface area contributed by atoms with Crippen LogP contribution in [0.4, 0.5) is 11.4 Å². The van der Waals surface area contributed by atoms with Crippen molar-refractivity contribution in [2.75, 3.05) is 26.6 Å². The number of para-hydroxylation sites is 2. The zero-order chi connectivity index (χ0) is 24.6. The largest absolute Gasteiger partial charge is 0.496 e.